The van der Waals surface area contributed by atoms with E-state index >= 15 is 0 Å². The van der Waals surface area contributed by atoms with Crippen molar-refractivity contribution in [2.75, 3.05) is 32.7 Å². The molecule has 1 aliphatic carbocycles. The van der Waals surface area contributed by atoms with Gasteiger partial charge in [-0.3, -0.25) is 29.5 Å². The quantitative estimate of drug-likeness (QED) is 0.425. The first kappa shape index (κ1) is 29.7. The molecule has 2 aromatic carbocycles. The van der Waals surface area contributed by atoms with E-state index in [0.29, 0.717) is 29.4 Å². The normalized spacial score (nSPS) is 25.3. The van der Waals surface area contributed by atoms with Gasteiger partial charge in [0.05, 0.1) is 0 Å². The first-order valence-corrected chi connectivity index (χ1v) is 16.6. The fourth-order valence-corrected chi connectivity index (χ4v) is 8.36. The van der Waals surface area contributed by atoms with Crippen LogP contribution in [0.2, 0.25) is 5.02 Å². The Hall–Kier alpha value is -3.00. The van der Waals surface area contributed by atoms with Crippen molar-refractivity contribution in [1.29, 1.82) is 0 Å². The van der Waals surface area contributed by atoms with Gasteiger partial charge in [-0.25, -0.2) is 0 Å². The van der Waals surface area contributed by atoms with Crippen molar-refractivity contribution < 1.29 is 14.4 Å². The predicted octanol–water partition coefficient (Wildman–Crippen LogP) is 5.66. The molecule has 3 fully saturated rings. The van der Waals surface area contributed by atoms with Crippen molar-refractivity contribution in [2.24, 2.45) is 10.8 Å². The van der Waals surface area contributed by atoms with Gasteiger partial charge in [-0.2, -0.15) is 0 Å². The van der Waals surface area contributed by atoms with Gasteiger partial charge in [0.25, 0.3) is 5.91 Å². The van der Waals surface area contributed by atoms with E-state index in [-0.39, 0.29) is 24.1 Å². The number of piperidine rings is 2. The van der Waals surface area contributed by atoms with Crippen molar-refractivity contribution in [3.05, 3.63) is 75.3 Å². The fourth-order valence-electron chi connectivity index (χ4n) is 8.23. The smallest absolute Gasteiger partial charge is 0.255 e. The molecule has 7 rings (SSSR count). The molecule has 1 N–H and O–H groups in total. The van der Waals surface area contributed by atoms with E-state index in [2.05, 4.69) is 53.2 Å². The maximum Gasteiger partial charge on any atom is 0.255 e. The molecule has 44 heavy (non-hydrogen) atoms. The van der Waals surface area contributed by atoms with E-state index < -0.39 is 6.04 Å². The van der Waals surface area contributed by atoms with Crippen LogP contribution in [0.1, 0.15) is 85.8 Å². The Labute approximate surface area is 265 Å². The van der Waals surface area contributed by atoms with Crippen molar-refractivity contribution in [2.45, 2.75) is 77.9 Å². The van der Waals surface area contributed by atoms with Crippen LogP contribution in [0.15, 0.2) is 48.0 Å². The molecular formula is C36H43ClN4O3. The third-order valence-corrected chi connectivity index (χ3v) is 11.1. The Morgan fingerprint density at radius 1 is 0.909 bits per heavy atom. The highest BCUT2D eigenvalue weighted by molar-refractivity contribution is 6.30. The van der Waals surface area contributed by atoms with Crippen LogP contribution in [-0.2, 0) is 22.7 Å². The van der Waals surface area contributed by atoms with Crippen LogP contribution >= 0.6 is 11.6 Å². The number of allylic oxidation sites excluding steroid dienone is 1. The van der Waals surface area contributed by atoms with Crippen LogP contribution in [-0.4, -0.2) is 71.2 Å². The van der Waals surface area contributed by atoms with E-state index in [4.69, 9.17) is 11.6 Å². The van der Waals surface area contributed by atoms with Gasteiger partial charge in [-0.1, -0.05) is 55.3 Å². The minimum absolute atomic E-state index is 0.108. The van der Waals surface area contributed by atoms with E-state index in [0.717, 1.165) is 56.3 Å². The van der Waals surface area contributed by atoms with Gasteiger partial charge in [0.15, 0.2) is 0 Å². The summed E-state index contributed by atoms with van der Waals surface area (Å²) in [4.78, 5) is 43.8. The molecule has 0 saturated carbocycles. The van der Waals surface area contributed by atoms with Crippen LogP contribution in [0.25, 0.3) is 5.57 Å². The molecule has 8 heteroatoms. The highest BCUT2D eigenvalue weighted by Gasteiger charge is 2.45. The SMILES string of the molecule is CC1(C)CCC(CN2CCC3(CC2)CN(Cc2ccc4c(c2)CN(C2CCC(=O)NC2=O)C4=O)C3)=C(c2ccc(Cl)cc2)C1. The van der Waals surface area contributed by atoms with E-state index in [1.165, 1.54) is 42.4 Å². The summed E-state index contributed by atoms with van der Waals surface area (Å²) < 4.78 is 0. The zero-order valence-electron chi connectivity index (χ0n) is 26.0. The van der Waals surface area contributed by atoms with Crippen molar-refractivity contribution in [3.8, 4) is 0 Å². The number of halogens is 1. The summed E-state index contributed by atoms with van der Waals surface area (Å²) in [6.07, 6.45) is 6.72. The molecule has 7 nitrogen and oxygen atoms in total. The number of imide groups is 1. The second-order valence-corrected chi connectivity index (χ2v) is 15.2. The van der Waals surface area contributed by atoms with Gasteiger partial charge < -0.3 is 4.90 Å². The minimum Gasteiger partial charge on any atom is -0.322 e. The zero-order valence-corrected chi connectivity index (χ0v) is 26.7. The first-order valence-electron chi connectivity index (χ1n) is 16.2. The number of carbonyl (C=O) groups excluding carboxylic acids is 3. The monoisotopic (exact) mass is 614 g/mol. The van der Waals surface area contributed by atoms with Gasteiger partial charge in [-0.15, -0.1) is 0 Å². The summed E-state index contributed by atoms with van der Waals surface area (Å²) in [6, 6.07) is 14.0. The number of nitrogens with zero attached hydrogens (tertiary/aromatic N) is 3. The second kappa shape index (κ2) is 11.4. The van der Waals surface area contributed by atoms with E-state index in [1.54, 1.807) is 10.5 Å². The van der Waals surface area contributed by atoms with Crippen molar-refractivity contribution >= 4 is 34.9 Å². The zero-order chi connectivity index (χ0) is 30.6. The summed E-state index contributed by atoms with van der Waals surface area (Å²) in [5.41, 5.74) is 8.12. The number of likely N-dealkylation sites (tertiary alicyclic amines) is 2. The Morgan fingerprint density at radius 2 is 1.66 bits per heavy atom. The van der Waals surface area contributed by atoms with Crippen LogP contribution in [0.4, 0.5) is 0 Å². The maximum absolute atomic E-state index is 13.0. The molecule has 1 unspecified atom stereocenters. The first-order chi connectivity index (χ1) is 21.1. The Bertz CT molecular complexity index is 1510. The number of benzene rings is 2. The summed E-state index contributed by atoms with van der Waals surface area (Å²) in [7, 11) is 0. The van der Waals surface area contributed by atoms with Crippen LogP contribution < -0.4 is 5.32 Å². The summed E-state index contributed by atoms with van der Waals surface area (Å²) in [5, 5.41) is 3.18. The lowest BCUT2D eigenvalue weighted by molar-refractivity contribution is -0.136. The van der Waals surface area contributed by atoms with Crippen molar-refractivity contribution in [3.63, 3.8) is 0 Å². The number of carbonyl (C=O) groups is 3. The van der Waals surface area contributed by atoms with Gasteiger partial charge in [0.2, 0.25) is 11.8 Å². The molecule has 3 saturated heterocycles. The highest BCUT2D eigenvalue weighted by Crippen LogP contribution is 2.45. The van der Waals surface area contributed by atoms with Gasteiger partial charge in [0, 0.05) is 49.7 Å². The van der Waals surface area contributed by atoms with Crippen molar-refractivity contribution in [1.82, 2.24) is 20.0 Å². The molecule has 0 aromatic heterocycles. The van der Waals surface area contributed by atoms with Crippen LogP contribution in [0.5, 0.6) is 0 Å². The minimum atomic E-state index is -0.567. The molecule has 0 bridgehead atoms. The van der Waals surface area contributed by atoms with Gasteiger partial charge in [-0.05, 0) is 103 Å². The third-order valence-electron chi connectivity index (χ3n) is 10.8. The lowest BCUT2D eigenvalue weighted by atomic mass is 9.71. The lowest BCUT2D eigenvalue weighted by Gasteiger charge is -2.54. The molecule has 1 spiro atoms. The lowest BCUT2D eigenvalue weighted by Crippen LogP contribution is -2.59. The Morgan fingerprint density at radius 3 is 2.39 bits per heavy atom. The molecule has 2 aromatic rings. The number of hydrogen-bond acceptors (Lipinski definition) is 5. The second-order valence-electron chi connectivity index (χ2n) is 14.7. The van der Waals surface area contributed by atoms with Gasteiger partial charge in [0.1, 0.15) is 6.04 Å². The number of hydrogen-bond donors (Lipinski definition) is 1. The molecule has 0 radical (unpaired) electrons. The summed E-state index contributed by atoms with van der Waals surface area (Å²) in [5.74, 6) is -0.727. The molecular weight excluding hydrogens is 572 g/mol. The number of rotatable bonds is 6. The van der Waals surface area contributed by atoms with Crippen LogP contribution in [0.3, 0.4) is 0 Å². The third kappa shape index (κ3) is 5.86. The molecule has 1 atom stereocenters. The summed E-state index contributed by atoms with van der Waals surface area (Å²) in [6.45, 7) is 11.8. The number of fused-ring (bicyclic) bond motifs is 1. The Kier molecular flexibility index (Phi) is 7.71. The fraction of sp³-hybridized carbons (Fsp3) is 0.528. The maximum atomic E-state index is 13.0. The summed E-state index contributed by atoms with van der Waals surface area (Å²) >= 11 is 6.21. The molecule has 5 aliphatic rings. The number of nitrogens with one attached hydrogen (secondary N) is 1. The predicted molar refractivity (Wildman–Crippen MR) is 172 cm³/mol. The largest absolute Gasteiger partial charge is 0.322 e. The average molecular weight is 615 g/mol. The van der Waals surface area contributed by atoms with E-state index in [9.17, 15) is 14.4 Å². The van der Waals surface area contributed by atoms with E-state index in [1.807, 2.05) is 18.2 Å². The molecule has 232 valence electrons. The standard InChI is InChI=1S/C36H43ClN4O3/c1-35(2)12-11-26(30(18-35)25-4-6-28(37)7-5-25)20-39-15-13-36(14-16-39)22-40(23-36)19-24-3-8-29-27(17-24)21-41(34(29)44)31-9-10-32(42)38-33(31)43/h3-8,17,31H,9-16,18-23H2,1-2H3,(H,38,42,43). The number of amides is 3. The highest BCUT2D eigenvalue weighted by atomic mass is 35.5. The van der Waals surface area contributed by atoms with Gasteiger partial charge >= 0.3 is 0 Å². The topological polar surface area (TPSA) is 73.0 Å². The molecule has 3 amide bonds. The molecule has 4 aliphatic heterocycles. The van der Waals surface area contributed by atoms with Crippen LogP contribution in [0, 0.1) is 10.8 Å². The Balaban J connectivity index is 0.932. The molecule has 4 heterocycles. The average Bonchev–Trinajstić information content (AvgIpc) is 3.29.